The van der Waals surface area contributed by atoms with Crippen molar-refractivity contribution in [2.45, 2.75) is 31.7 Å². The Hall–Kier alpha value is -1.73. The highest BCUT2D eigenvalue weighted by molar-refractivity contribution is 7.99. The molecule has 0 radical (unpaired) electrons. The third kappa shape index (κ3) is 4.64. The summed E-state index contributed by atoms with van der Waals surface area (Å²) in [6.07, 6.45) is 3.39. The van der Waals surface area contributed by atoms with Crippen molar-refractivity contribution in [3.8, 4) is 5.75 Å². The number of hydrogen-bond donors (Lipinski definition) is 1. The Morgan fingerprint density at radius 3 is 2.88 bits per heavy atom. The second-order valence-corrected chi connectivity index (χ2v) is 7.71. The van der Waals surface area contributed by atoms with Gasteiger partial charge in [0.2, 0.25) is 5.44 Å². The van der Waals surface area contributed by atoms with Gasteiger partial charge in [-0.2, -0.15) is 0 Å². The Kier molecular flexibility index (Phi) is 6.12. The van der Waals surface area contributed by atoms with Crippen molar-refractivity contribution in [2.24, 2.45) is 5.16 Å². The quantitative estimate of drug-likeness (QED) is 0.460. The van der Waals surface area contributed by atoms with Gasteiger partial charge in [0.05, 0.1) is 11.8 Å². The Balaban J connectivity index is 2.12. The van der Waals surface area contributed by atoms with Crippen LogP contribution < -0.4 is 10.1 Å². The van der Waals surface area contributed by atoms with Crippen LogP contribution in [0, 0.1) is 6.92 Å². The topological polar surface area (TPSA) is 59.9 Å². The summed E-state index contributed by atoms with van der Waals surface area (Å²) in [6.45, 7) is 5.73. The van der Waals surface area contributed by atoms with Crippen LogP contribution in [0.1, 0.15) is 19.4 Å². The zero-order valence-corrected chi connectivity index (χ0v) is 16.1. The van der Waals surface area contributed by atoms with Gasteiger partial charge < -0.3 is 14.9 Å². The summed E-state index contributed by atoms with van der Waals surface area (Å²) in [5.74, 6) is 0.481. The number of benzene rings is 1. The van der Waals surface area contributed by atoms with Crippen molar-refractivity contribution in [2.75, 3.05) is 13.4 Å². The van der Waals surface area contributed by atoms with Gasteiger partial charge in [-0.1, -0.05) is 5.16 Å². The van der Waals surface area contributed by atoms with E-state index in [9.17, 15) is 4.79 Å². The highest BCUT2D eigenvalue weighted by Gasteiger charge is 2.26. The molecule has 2 aromatic rings. The van der Waals surface area contributed by atoms with Crippen molar-refractivity contribution in [3.63, 3.8) is 0 Å². The van der Waals surface area contributed by atoms with E-state index in [1.807, 2.05) is 39.2 Å². The zero-order chi connectivity index (χ0) is 17.7. The van der Waals surface area contributed by atoms with Crippen LogP contribution in [0.4, 0.5) is 0 Å². The van der Waals surface area contributed by atoms with Crippen LogP contribution in [0.5, 0.6) is 5.75 Å². The lowest BCUT2D eigenvalue weighted by Crippen LogP contribution is -2.49. The van der Waals surface area contributed by atoms with Gasteiger partial charge in [-0.05, 0) is 61.6 Å². The molecule has 1 aromatic heterocycles. The van der Waals surface area contributed by atoms with E-state index >= 15 is 0 Å². The van der Waals surface area contributed by atoms with Crippen molar-refractivity contribution in [3.05, 3.63) is 29.1 Å². The molecular weight excluding hydrogens is 344 g/mol. The maximum Gasteiger partial charge on any atom is 0.272 e. The number of rotatable bonds is 7. The molecule has 1 unspecified atom stereocenters. The van der Waals surface area contributed by atoms with Gasteiger partial charge in [-0.15, -0.1) is 23.1 Å². The number of thiophene rings is 1. The zero-order valence-electron chi connectivity index (χ0n) is 14.5. The van der Waals surface area contributed by atoms with Crippen LogP contribution in [0.3, 0.4) is 0 Å². The number of ether oxygens (including phenoxy) is 1. The predicted molar refractivity (Wildman–Crippen MR) is 102 cm³/mol. The van der Waals surface area contributed by atoms with Crippen LogP contribution in [-0.2, 0) is 9.63 Å². The summed E-state index contributed by atoms with van der Waals surface area (Å²) in [6, 6.07) is 5.98. The van der Waals surface area contributed by atoms with E-state index in [0.717, 1.165) is 10.9 Å². The molecule has 1 amide bonds. The first kappa shape index (κ1) is 18.6. The van der Waals surface area contributed by atoms with Gasteiger partial charge in [-0.3, -0.25) is 4.79 Å². The van der Waals surface area contributed by atoms with Crippen LogP contribution in [0.25, 0.3) is 10.1 Å². The maximum atomic E-state index is 12.5. The molecule has 0 saturated carbocycles. The van der Waals surface area contributed by atoms with E-state index in [-0.39, 0.29) is 5.91 Å². The number of amides is 1. The normalized spacial score (nSPS) is 13.2. The average molecular weight is 367 g/mol. The molecule has 130 valence electrons. The molecule has 0 spiro atoms. The third-order valence-electron chi connectivity index (χ3n) is 3.31. The fraction of sp³-hybridized carbons (Fsp3) is 0.412. The Labute approximate surface area is 150 Å². The summed E-state index contributed by atoms with van der Waals surface area (Å²) < 4.78 is 7.15. The minimum Gasteiger partial charge on any atom is -0.470 e. The lowest BCUT2D eigenvalue weighted by molar-refractivity contribution is -0.125. The molecule has 1 heterocycles. The fourth-order valence-electron chi connectivity index (χ4n) is 2.22. The number of nitrogens with zero attached hydrogens (tertiary/aromatic N) is 1. The second-order valence-electron chi connectivity index (χ2n) is 5.89. The predicted octanol–water partition coefficient (Wildman–Crippen LogP) is 3.80. The molecule has 2 rings (SSSR count). The molecule has 7 heteroatoms. The van der Waals surface area contributed by atoms with Gasteiger partial charge >= 0.3 is 0 Å². The van der Waals surface area contributed by atoms with Crippen LogP contribution in [0.2, 0.25) is 0 Å². The molecule has 1 N–H and O–H groups in total. The Morgan fingerprint density at radius 1 is 1.46 bits per heavy atom. The molecule has 5 nitrogen and oxygen atoms in total. The first-order valence-electron chi connectivity index (χ1n) is 7.43. The van der Waals surface area contributed by atoms with Gasteiger partial charge in [0, 0.05) is 4.70 Å². The van der Waals surface area contributed by atoms with E-state index in [4.69, 9.17) is 4.74 Å². The number of thioether (sulfide) groups is 1. The summed E-state index contributed by atoms with van der Waals surface area (Å²) in [5.41, 5.74) is -0.126. The van der Waals surface area contributed by atoms with Gasteiger partial charge in [0.1, 0.15) is 12.9 Å². The smallest absolute Gasteiger partial charge is 0.272 e. The monoisotopic (exact) mass is 366 g/mol. The molecule has 1 aromatic carbocycles. The largest absolute Gasteiger partial charge is 0.470 e. The molecule has 24 heavy (non-hydrogen) atoms. The number of hydrogen-bond acceptors (Lipinski definition) is 6. The van der Waals surface area contributed by atoms with Gasteiger partial charge in [0.15, 0.2) is 0 Å². The number of nitrogens with one attached hydrogen (secondary N) is 1. The first-order chi connectivity index (χ1) is 11.4. The second kappa shape index (κ2) is 7.90. The number of fused-ring (bicyclic) bond motifs is 1. The van der Waals surface area contributed by atoms with E-state index in [0.29, 0.717) is 5.75 Å². The van der Waals surface area contributed by atoms with Gasteiger partial charge in [0.25, 0.3) is 5.91 Å². The van der Waals surface area contributed by atoms with E-state index < -0.39 is 11.0 Å². The molecule has 0 fully saturated rings. The molecule has 0 aliphatic carbocycles. The molecule has 0 aliphatic heterocycles. The standard InChI is InChI=1S/C17H22N2O3S2/c1-11-8-13(9-12-6-7-24-14(11)12)22-16(23-5)15(20)19-17(2,3)10-18-21-4/h6-10,16H,1-5H3,(H,19,20). The highest BCUT2D eigenvalue weighted by atomic mass is 32.2. The summed E-state index contributed by atoms with van der Waals surface area (Å²) in [4.78, 5) is 17.2. The third-order valence-corrected chi connectivity index (χ3v) is 5.11. The molecule has 0 aliphatic rings. The summed E-state index contributed by atoms with van der Waals surface area (Å²) in [7, 11) is 1.46. The lowest BCUT2D eigenvalue weighted by atomic mass is 10.1. The van der Waals surface area contributed by atoms with E-state index in [1.165, 1.54) is 23.6 Å². The van der Waals surface area contributed by atoms with Gasteiger partial charge in [-0.25, -0.2) is 0 Å². The van der Waals surface area contributed by atoms with Crippen molar-refractivity contribution >= 4 is 45.3 Å². The first-order valence-corrected chi connectivity index (χ1v) is 9.60. The number of carbonyl (C=O) groups excluding carboxylic acids is 1. The Bertz CT molecular complexity index is 741. The van der Waals surface area contributed by atoms with Crippen LogP contribution in [0.15, 0.2) is 28.7 Å². The minimum absolute atomic E-state index is 0.210. The highest BCUT2D eigenvalue weighted by Crippen LogP contribution is 2.30. The molecule has 0 saturated heterocycles. The van der Waals surface area contributed by atoms with E-state index in [1.54, 1.807) is 17.6 Å². The molecule has 0 bridgehead atoms. The minimum atomic E-state index is -0.643. The summed E-state index contributed by atoms with van der Waals surface area (Å²) >= 11 is 3.05. The fourth-order valence-corrected chi connectivity index (χ4v) is 3.56. The lowest BCUT2D eigenvalue weighted by Gasteiger charge is -2.24. The molecule has 1 atom stereocenters. The SMILES string of the molecule is CON=CC(C)(C)NC(=O)C(Oc1cc(C)c2sccc2c1)SC. The van der Waals surface area contributed by atoms with Crippen LogP contribution in [-0.4, -0.2) is 36.5 Å². The number of aryl methyl sites for hydroxylation is 1. The number of oxime groups is 1. The molecular formula is C17H22N2O3S2. The van der Waals surface area contributed by atoms with Crippen molar-refractivity contribution in [1.82, 2.24) is 5.32 Å². The van der Waals surface area contributed by atoms with Crippen LogP contribution >= 0.6 is 23.1 Å². The number of carbonyl (C=O) groups is 1. The summed E-state index contributed by atoms with van der Waals surface area (Å²) in [5, 5.41) is 9.80. The maximum absolute atomic E-state index is 12.5. The Morgan fingerprint density at radius 2 is 2.21 bits per heavy atom. The average Bonchev–Trinajstić information content (AvgIpc) is 2.99. The van der Waals surface area contributed by atoms with Crippen molar-refractivity contribution in [1.29, 1.82) is 0 Å². The van der Waals surface area contributed by atoms with Crippen molar-refractivity contribution < 1.29 is 14.4 Å². The van der Waals surface area contributed by atoms with E-state index in [2.05, 4.69) is 26.8 Å².